The third-order valence-electron chi connectivity index (χ3n) is 6.43. The number of phenolic OH excluding ortho intramolecular Hbond substituents is 1. The molecule has 1 saturated heterocycles. The number of pyridine rings is 1. The number of phenols is 1. The average molecular weight is 449 g/mol. The molecule has 2 bridgehead atoms. The van der Waals surface area contributed by atoms with E-state index in [4.69, 9.17) is 4.74 Å². The lowest BCUT2D eigenvalue weighted by Gasteiger charge is -2.42. The molecule has 0 unspecified atom stereocenters. The zero-order chi connectivity index (χ0) is 23.2. The number of aromatic hydroxyl groups is 1. The highest BCUT2D eigenvalue weighted by molar-refractivity contribution is 5.74. The number of anilines is 1. The lowest BCUT2D eigenvalue weighted by molar-refractivity contribution is 0.155. The SMILES string of the molecule is COc1cc(-c2ccc(-c3cnc(N(C)[C@@H]4C[C@@]5(C)C=C[C@H](N5)[C@@H]4F)nn3)c(O)c2)ccn1. The second-order valence-electron chi connectivity index (χ2n) is 8.74. The molecule has 1 aromatic carbocycles. The molecular weight excluding hydrogens is 423 g/mol. The lowest BCUT2D eigenvalue weighted by atomic mass is 9.87. The highest BCUT2D eigenvalue weighted by atomic mass is 19.1. The first kappa shape index (κ1) is 21.3. The quantitative estimate of drug-likeness (QED) is 0.575. The van der Waals surface area contributed by atoms with Crippen LogP contribution in [0.2, 0.25) is 0 Å². The van der Waals surface area contributed by atoms with Crippen LogP contribution >= 0.6 is 0 Å². The van der Waals surface area contributed by atoms with E-state index < -0.39 is 6.17 Å². The number of hydrogen-bond donors (Lipinski definition) is 2. The van der Waals surface area contributed by atoms with Crippen molar-refractivity contribution in [3.8, 4) is 34.0 Å². The van der Waals surface area contributed by atoms with Gasteiger partial charge in [0.25, 0.3) is 0 Å². The van der Waals surface area contributed by atoms with E-state index in [1.54, 1.807) is 49.7 Å². The minimum Gasteiger partial charge on any atom is -0.507 e. The van der Waals surface area contributed by atoms with Crippen molar-refractivity contribution in [2.45, 2.75) is 37.1 Å². The van der Waals surface area contributed by atoms with Crippen molar-refractivity contribution >= 4 is 5.95 Å². The Morgan fingerprint density at radius 1 is 1.18 bits per heavy atom. The Bertz CT molecular complexity index is 1200. The molecule has 0 radical (unpaired) electrons. The fraction of sp³-hybridized carbons (Fsp3) is 0.333. The summed E-state index contributed by atoms with van der Waals surface area (Å²) in [6.45, 7) is 2.06. The van der Waals surface area contributed by atoms with Crippen molar-refractivity contribution in [2.75, 3.05) is 19.1 Å². The number of fused-ring (bicyclic) bond motifs is 2. The number of hydrogen-bond acceptors (Lipinski definition) is 8. The fourth-order valence-corrected chi connectivity index (χ4v) is 4.57. The molecule has 0 spiro atoms. The van der Waals surface area contributed by atoms with Crippen LogP contribution < -0.4 is 15.0 Å². The molecule has 33 heavy (non-hydrogen) atoms. The normalized spacial score (nSPS) is 25.8. The number of ether oxygens (including phenoxy) is 1. The molecule has 2 aromatic heterocycles. The van der Waals surface area contributed by atoms with Gasteiger partial charge in [-0.3, -0.25) is 5.32 Å². The van der Waals surface area contributed by atoms with E-state index in [9.17, 15) is 9.50 Å². The largest absolute Gasteiger partial charge is 0.507 e. The number of halogens is 1. The van der Waals surface area contributed by atoms with Gasteiger partial charge in [-0.1, -0.05) is 18.2 Å². The molecule has 0 aliphatic carbocycles. The highest BCUT2D eigenvalue weighted by Gasteiger charge is 2.47. The minimum atomic E-state index is -1.08. The first-order valence-electron chi connectivity index (χ1n) is 10.7. The number of nitrogens with one attached hydrogen (secondary N) is 1. The molecule has 0 saturated carbocycles. The third-order valence-corrected chi connectivity index (χ3v) is 6.43. The Kier molecular flexibility index (Phi) is 5.20. The van der Waals surface area contributed by atoms with Gasteiger partial charge in [-0.15, -0.1) is 10.2 Å². The second-order valence-corrected chi connectivity index (χ2v) is 8.74. The van der Waals surface area contributed by atoms with Crippen molar-refractivity contribution in [2.24, 2.45) is 0 Å². The van der Waals surface area contributed by atoms with Crippen molar-refractivity contribution in [3.63, 3.8) is 0 Å². The number of piperidine rings is 1. The van der Waals surface area contributed by atoms with E-state index >= 15 is 0 Å². The number of methoxy groups -OCH3 is 1. The van der Waals surface area contributed by atoms with Gasteiger partial charge in [0.1, 0.15) is 17.6 Å². The van der Waals surface area contributed by atoms with E-state index in [0.717, 1.165) is 11.1 Å². The molecule has 8 nitrogen and oxygen atoms in total. The fourth-order valence-electron chi connectivity index (χ4n) is 4.57. The Balaban J connectivity index is 1.36. The van der Waals surface area contributed by atoms with Crippen LogP contribution in [0.1, 0.15) is 13.3 Å². The van der Waals surface area contributed by atoms with E-state index in [2.05, 4.69) is 32.4 Å². The standard InChI is InChI=1S/C24H25FN6O2/c1-24-8-6-17(28-24)22(25)19(12-24)31(2)23-27-13-18(29-30-23)16-5-4-14(10-20(16)32)15-7-9-26-21(11-15)33-3/h4-11,13,17,19,22,28,32H,12H2,1-3H3/t17-,19+,22-,24+/m0/s1. The van der Waals surface area contributed by atoms with Gasteiger partial charge >= 0.3 is 0 Å². The maximum Gasteiger partial charge on any atom is 0.245 e. The van der Waals surface area contributed by atoms with Gasteiger partial charge in [-0.2, -0.15) is 0 Å². The van der Waals surface area contributed by atoms with Gasteiger partial charge in [-0.25, -0.2) is 14.4 Å². The maximum atomic E-state index is 15.0. The van der Waals surface area contributed by atoms with Crippen molar-refractivity contribution in [3.05, 3.63) is 54.9 Å². The van der Waals surface area contributed by atoms with E-state index in [1.165, 1.54) is 0 Å². The van der Waals surface area contributed by atoms with Gasteiger partial charge in [-0.05, 0) is 42.7 Å². The van der Waals surface area contributed by atoms with Crippen LogP contribution in [0.5, 0.6) is 11.6 Å². The summed E-state index contributed by atoms with van der Waals surface area (Å²) >= 11 is 0. The van der Waals surface area contributed by atoms with Gasteiger partial charge in [0.2, 0.25) is 11.8 Å². The van der Waals surface area contributed by atoms with Gasteiger partial charge in [0.05, 0.1) is 25.4 Å². The summed E-state index contributed by atoms with van der Waals surface area (Å²) < 4.78 is 20.2. The molecule has 4 atom stereocenters. The summed E-state index contributed by atoms with van der Waals surface area (Å²) in [5, 5.41) is 22.4. The zero-order valence-corrected chi connectivity index (χ0v) is 18.6. The number of alkyl halides is 1. The van der Waals surface area contributed by atoms with Crippen LogP contribution in [0.25, 0.3) is 22.4 Å². The predicted molar refractivity (Wildman–Crippen MR) is 123 cm³/mol. The summed E-state index contributed by atoms with van der Waals surface area (Å²) in [7, 11) is 3.34. The molecule has 0 amide bonds. The molecule has 4 heterocycles. The smallest absolute Gasteiger partial charge is 0.245 e. The summed E-state index contributed by atoms with van der Waals surface area (Å²) in [6.07, 6.45) is 6.66. The maximum absolute atomic E-state index is 15.0. The van der Waals surface area contributed by atoms with Crippen LogP contribution in [-0.4, -0.2) is 63.2 Å². The molecule has 9 heteroatoms. The van der Waals surface area contributed by atoms with Crippen LogP contribution in [-0.2, 0) is 0 Å². The van der Waals surface area contributed by atoms with E-state index in [-0.39, 0.29) is 23.4 Å². The second kappa shape index (κ2) is 8.08. The third kappa shape index (κ3) is 3.89. The summed E-state index contributed by atoms with van der Waals surface area (Å²) in [4.78, 5) is 10.3. The summed E-state index contributed by atoms with van der Waals surface area (Å²) in [6, 6.07) is 8.25. The molecule has 2 aliphatic rings. The topological polar surface area (TPSA) is 96.3 Å². The summed E-state index contributed by atoms with van der Waals surface area (Å²) in [5.41, 5.74) is 2.38. The first-order chi connectivity index (χ1) is 15.9. The van der Waals surface area contributed by atoms with E-state index in [0.29, 0.717) is 29.5 Å². The lowest BCUT2D eigenvalue weighted by Crippen LogP contribution is -2.60. The van der Waals surface area contributed by atoms with Gasteiger partial charge < -0.3 is 14.7 Å². The average Bonchev–Trinajstić information content (AvgIpc) is 3.18. The van der Waals surface area contributed by atoms with Gasteiger partial charge in [0, 0.05) is 30.4 Å². The Morgan fingerprint density at radius 3 is 2.73 bits per heavy atom. The van der Waals surface area contributed by atoms with Crippen molar-refractivity contribution in [1.29, 1.82) is 0 Å². The number of aromatic nitrogens is 4. The number of nitrogens with zero attached hydrogens (tertiary/aromatic N) is 5. The van der Waals surface area contributed by atoms with Crippen LogP contribution in [0.3, 0.4) is 0 Å². The first-order valence-corrected chi connectivity index (χ1v) is 10.7. The van der Waals surface area contributed by atoms with Crippen molar-refractivity contribution in [1.82, 2.24) is 25.5 Å². The molecular formula is C24H25FN6O2. The molecule has 170 valence electrons. The van der Waals surface area contributed by atoms with E-state index in [1.807, 2.05) is 24.3 Å². The van der Waals surface area contributed by atoms with Gasteiger partial charge in [0.15, 0.2) is 0 Å². The minimum absolute atomic E-state index is 0.0539. The Morgan fingerprint density at radius 2 is 2.00 bits per heavy atom. The molecule has 1 fully saturated rings. The number of benzene rings is 1. The Labute approximate surface area is 191 Å². The van der Waals surface area contributed by atoms with Crippen LogP contribution in [0.4, 0.5) is 10.3 Å². The Hall–Kier alpha value is -3.59. The van der Waals surface area contributed by atoms with Crippen LogP contribution in [0.15, 0.2) is 54.9 Å². The van der Waals surface area contributed by atoms with Crippen molar-refractivity contribution < 1.29 is 14.2 Å². The number of rotatable bonds is 5. The zero-order valence-electron chi connectivity index (χ0n) is 18.6. The molecule has 2 aliphatic heterocycles. The molecule has 5 rings (SSSR count). The van der Waals surface area contributed by atoms with Crippen LogP contribution in [0, 0.1) is 0 Å². The highest BCUT2D eigenvalue weighted by Crippen LogP contribution is 2.36. The predicted octanol–water partition coefficient (Wildman–Crippen LogP) is 3.15. The molecule has 2 N–H and O–H groups in total. The molecule has 3 aromatic rings. The summed E-state index contributed by atoms with van der Waals surface area (Å²) in [5.74, 6) is 0.891. The monoisotopic (exact) mass is 448 g/mol.